The summed E-state index contributed by atoms with van der Waals surface area (Å²) < 4.78 is 4.60. The molecule has 5 heteroatoms. The molecule has 0 saturated heterocycles. The molecule has 0 aliphatic heterocycles. The number of aliphatic hydroxyl groups is 3. The first-order valence-electron chi connectivity index (χ1n) is 9.93. The van der Waals surface area contributed by atoms with Gasteiger partial charge >= 0.3 is 5.97 Å². The molecule has 1 saturated carbocycles. The standard InChI is InChI=1S/C21H36O5/c1-3-4-7-10-16(22)13-14-18-17(19(23)15-20(18)24)11-8-5-6-9-12-21(25)26-2/h5,8,13-14,16-20,22-24H,3-4,6-7,9-12,15H2,1-2H3/b8-5+,14-13+/t16-,17+,18+,19-,20+/m0/s1. The summed E-state index contributed by atoms with van der Waals surface area (Å²) in [6.45, 7) is 2.13. The molecule has 0 radical (unpaired) electrons. The van der Waals surface area contributed by atoms with Gasteiger partial charge in [-0.1, -0.05) is 50.5 Å². The van der Waals surface area contributed by atoms with Crippen LogP contribution >= 0.6 is 0 Å². The van der Waals surface area contributed by atoms with Crippen LogP contribution in [0.1, 0.15) is 64.7 Å². The van der Waals surface area contributed by atoms with E-state index in [-0.39, 0.29) is 17.8 Å². The quantitative estimate of drug-likeness (QED) is 0.280. The third-order valence-electron chi connectivity index (χ3n) is 5.13. The fourth-order valence-electron chi connectivity index (χ4n) is 3.50. The van der Waals surface area contributed by atoms with Crippen molar-refractivity contribution >= 4 is 5.97 Å². The lowest BCUT2D eigenvalue weighted by Gasteiger charge is -2.19. The number of hydrogen-bond donors (Lipinski definition) is 3. The second kappa shape index (κ2) is 13.1. The number of aliphatic hydroxyl groups excluding tert-OH is 3. The lowest BCUT2D eigenvalue weighted by Crippen LogP contribution is -2.20. The Morgan fingerprint density at radius 2 is 1.96 bits per heavy atom. The SMILES string of the molecule is CCCCC[C@H](O)/C=C/[C@@H]1[C@@H](C/C=C/CCCC(=O)OC)[C@@H](O)C[C@H]1O. The highest BCUT2D eigenvalue weighted by molar-refractivity contribution is 5.69. The Morgan fingerprint density at radius 1 is 1.19 bits per heavy atom. The molecule has 0 heterocycles. The van der Waals surface area contributed by atoms with Crippen LogP contribution in [0.15, 0.2) is 24.3 Å². The van der Waals surface area contributed by atoms with Gasteiger partial charge < -0.3 is 20.1 Å². The largest absolute Gasteiger partial charge is 0.469 e. The number of unbranched alkanes of at least 4 members (excludes halogenated alkanes) is 3. The van der Waals surface area contributed by atoms with Crippen molar-refractivity contribution in [3.05, 3.63) is 24.3 Å². The second-order valence-electron chi connectivity index (χ2n) is 7.24. The van der Waals surface area contributed by atoms with Gasteiger partial charge in [0.15, 0.2) is 0 Å². The van der Waals surface area contributed by atoms with Crippen LogP contribution in [0.25, 0.3) is 0 Å². The van der Waals surface area contributed by atoms with Gasteiger partial charge in [-0.15, -0.1) is 0 Å². The summed E-state index contributed by atoms with van der Waals surface area (Å²) in [5.41, 5.74) is 0. The van der Waals surface area contributed by atoms with Crippen LogP contribution < -0.4 is 0 Å². The van der Waals surface area contributed by atoms with Crippen molar-refractivity contribution in [1.82, 2.24) is 0 Å². The summed E-state index contributed by atoms with van der Waals surface area (Å²) in [5.74, 6) is -0.373. The first-order valence-corrected chi connectivity index (χ1v) is 9.93. The predicted molar refractivity (Wildman–Crippen MR) is 103 cm³/mol. The molecule has 1 aliphatic carbocycles. The predicted octanol–water partition coefficient (Wildman–Crippen LogP) is 3.13. The average Bonchev–Trinajstić information content (AvgIpc) is 2.89. The lowest BCUT2D eigenvalue weighted by molar-refractivity contribution is -0.140. The van der Waals surface area contributed by atoms with Crippen LogP contribution in [0.2, 0.25) is 0 Å². The molecule has 0 spiro atoms. The van der Waals surface area contributed by atoms with Gasteiger partial charge in [-0.25, -0.2) is 0 Å². The minimum Gasteiger partial charge on any atom is -0.469 e. The zero-order chi connectivity index (χ0) is 19.4. The molecule has 0 unspecified atom stereocenters. The van der Waals surface area contributed by atoms with Gasteiger partial charge in [0.25, 0.3) is 0 Å². The molecule has 3 N–H and O–H groups in total. The van der Waals surface area contributed by atoms with E-state index in [4.69, 9.17) is 0 Å². The normalized spacial score (nSPS) is 27.4. The van der Waals surface area contributed by atoms with E-state index >= 15 is 0 Å². The van der Waals surface area contributed by atoms with Gasteiger partial charge in [0.2, 0.25) is 0 Å². The van der Waals surface area contributed by atoms with E-state index in [1.807, 2.05) is 18.2 Å². The number of hydrogen-bond acceptors (Lipinski definition) is 5. The molecule has 0 bridgehead atoms. The molecule has 1 fully saturated rings. The van der Waals surface area contributed by atoms with E-state index in [1.165, 1.54) is 7.11 Å². The first kappa shape index (κ1) is 22.9. The zero-order valence-corrected chi connectivity index (χ0v) is 16.2. The highest BCUT2D eigenvalue weighted by Crippen LogP contribution is 2.36. The third kappa shape index (κ3) is 8.47. The van der Waals surface area contributed by atoms with E-state index in [2.05, 4.69) is 11.7 Å². The van der Waals surface area contributed by atoms with Crippen molar-refractivity contribution in [3.8, 4) is 0 Å². The van der Waals surface area contributed by atoms with Crippen molar-refractivity contribution in [1.29, 1.82) is 0 Å². The summed E-state index contributed by atoms with van der Waals surface area (Å²) in [6, 6.07) is 0. The summed E-state index contributed by atoms with van der Waals surface area (Å²) in [4.78, 5) is 11.1. The maximum Gasteiger partial charge on any atom is 0.305 e. The van der Waals surface area contributed by atoms with Crippen LogP contribution in [-0.4, -0.2) is 46.7 Å². The number of rotatable bonds is 12. The molecule has 0 aromatic heterocycles. The molecule has 5 atom stereocenters. The molecule has 1 rings (SSSR count). The number of methoxy groups -OCH3 is 1. The summed E-state index contributed by atoms with van der Waals surface area (Å²) in [5, 5.41) is 30.5. The van der Waals surface area contributed by atoms with Crippen LogP contribution in [-0.2, 0) is 9.53 Å². The van der Waals surface area contributed by atoms with Crippen molar-refractivity contribution in [2.24, 2.45) is 11.8 Å². The van der Waals surface area contributed by atoms with Gasteiger partial charge in [-0.2, -0.15) is 0 Å². The smallest absolute Gasteiger partial charge is 0.305 e. The second-order valence-corrected chi connectivity index (χ2v) is 7.24. The van der Waals surface area contributed by atoms with E-state index in [9.17, 15) is 20.1 Å². The van der Waals surface area contributed by atoms with Gasteiger partial charge in [-0.3, -0.25) is 4.79 Å². The number of carbonyl (C=O) groups excluding carboxylic acids is 1. The lowest BCUT2D eigenvalue weighted by atomic mass is 9.89. The van der Waals surface area contributed by atoms with Crippen LogP contribution in [0.4, 0.5) is 0 Å². The Balaban J connectivity index is 2.44. The Morgan fingerprint density at radius 3 is 2.65 bits per heavy atom. The van der Waals surface area contributed by atoms with Gasteiger partial charge in [-0.05, 0) is 31.6 Å². The minimum atomic E-state index is -0.568. The Bertz CT molecular complexity index is 446. The van der Waals surface area contributed by atoms with E-state index < -0.39 is 18.3 Å². The Labute approximate surface area is 157 Å². The van der Waals surface area contributed by atoms with Crippen molar-refractivity contribution in [3.63, 3.8) is 0 Å². The molecule has 26 heavy (non-hydrogen) atoms. The van der Waals surface area contributed by atoms with Crippen molar-refractivity contribution < 1.29 is 24.9 Å². The van der Waals surface area contributed by atoms with E-state index in [0.717, 1.165) is 38.5 Å². The molecule has 150 valence electrons. The summed E-state index contributed by atoms with van der Waals surface area (Å²) >= 11 is 0. The Hall–Kier alpha value is -1.17. The molecule has 0 amide bonds. The number of allylic oxidation sites excluding steroid dienone is 2. The molecule has 0 aromatic carbocycles. The number of carbonyl (C=O) groups is 1. The van der Waals surface area contributed by atoms with Crippen LogP contribution in [0.5, 0.6) is 0 Å². The first-order chi connectivity index (χ1) is 12.5. The molecule has 5 nitrogen and oxygen atoms in total. The van der Waals surface area contributed by atoms with Gasteiger partial charge in [0.05, 0.1) is 25.4 Å². The molecule has 0 aromatic rings. The zero-order valence-electron chi connectivity index (χ0n) is 16.2. The maximum absolute atomic E-state index is 11.1. The number of ether oxygens (including phenoxy) is 1. The number of esters is 1. The van der Waals surface area contributed by atoms with Crippen molar-refractivity contribution in [2.75, 3.05) is 7.11 Å². The monoisotopic (exact) mass is 368 g/mol. The van der Waals surface area contributed by atoms with Gasteiger partial charge in [0.1, 0.15) is 0 Å². The fraction of sp³-hybridized carbons (Fsp3) is 0.762. The average molecular weight is 369 g/mol. The topological polar surface area (TPSA) is 87.0 Å². The molecule has 1 aliphatic rings. The molecular weight excluding hydrogens is 332 g/mol. The minimum absolute atomic E-state index is 0.0408. The highest BCUT2D eigenvalue weighted by Gasteiger charge is 2.39. The Kier molecular flexibility index (Phi) is 11.5. The van der Waals surface area contributed by atoms with E-state index in [0.29, 0.717) is 19.3 Å². The fourth-order valence-corrected chi connectivity index (χ4v) is 3.50. The van der Waals surface area contributed by atoms with Crippen LogP contribution in [0.3, 0.4) is 0 Å². The molecular formula is C21H36O5. The summed E-state index contributed by atoms with van der Waals surface area (Å²) in [6.07, 6.45) is 13.1. The maximum atomic E-state index is 11.1. The van der Waals surface area contributed by atoms with Crippen molar-refractivity contribution in [2.45, 2.75) is 83.0 Å². The highest BCUT2D eigenvalue weighted by atomic mass is 16.5. The van der Waals surface area contributed by atoms with Crippen LogP contribution in [0, 0.1) is 11.8 Å². The summed E-state index contributed by atoms with van der Waals surface area (Å²) in [7, 11) is 1.39. The third-order valence-corrected chi connectivity index (χ3v) is 5.13. The van der Waals surface area contributed by atoms with Gasteiger partial charge in [0, 0.05) is 18.8 Å². The van der Waals surface area contributed by atoms with E-state index in [1.54, 1.807) is 6.08 Å².